The third kappa shape index (κ3) is 3.01. The molecule has 1 heterocycles. The summed E-state index contributed by atoms with van der Waals surface area (Å²) in [5.74, 6) is 0. The van der Waals surface area contributed by atoms with E-state index < -0.39 is 0 Å². The minimum absolute atomic E-state index is 0.0884. The van der Waals surface area contributed by atoms with Crippen molar-refractivity contribution in [3.8, 4) is 0 Å². The summed E-state index contributed by atoms with van der Waals surface area (Å²) < 4.78 is 0. The van der Waals surface area contributed by atoms with E-state index in [-0.39, 0.29) is 11.6 Å². The predicted molar refractivity (Wildman–Crippen MR) is 86.1 cm³/mol. The van der Waals surface area contributed by atoms with E-state index in [1.807, 2.05) is 12.1 Å². The summed E-state index contributed by atoms with van der Waals surface area (Å²) in [7, 11) is 4.37. The molecule has 1 aliphatic heterocycles. The number of nitrogens with two attached hydrogens (primary N) is 1. The maximum Gasteiger partial charge on any atom is 0.0453 e. The molecule has 0 spiro atoms. The molecule has 1 aromatic rings. The van der Waals surface area contributed by atoms with Gasteiger partial charge in [-0.1, -0.05) is 29.8 Å². The first-order chi connectivity index (χ1) is 9.50. The van der Waals surface area contributed by atoms with Crippen LogP contribution in [0.25, 0.3) is 0 Å². The van der Waals surface area contributed by atoms with Crippen molar-refractivity contribution in [2.24, 2.45) is 5.73 Å². The number of benzene rings is 1. The van der Waals surface area contributed by atoms with E-state index in [1.54, 1.807) is 0 Å². The molecule has 1 unspecified atom stereocenters. The third-order valence-corrected chi connectivity index (χ3v) is 5.33. The Hall–Kier alpha value is -0.610. The molecule has 0 bridgehead atoms. The first-order valence-corrected chi connectivity index (χ1v) is 7.74. The van der Waals surface area contributed by atoms with Crippen molar-refractivity contribution >= 4 is 11.6 Å². The summed E-state index contributed by atoms with van der Waals surface area (Å²) in [6.07, 6.45) is 2.23. The van der Waals surface area contributed by atoms with Gasteiger partial charge in [-0.3, -0.25) is 4.90 Å². The Labute approximate surface area is 127 Å². The predicted octanol–water partition coefficient (Wildman–Crippen LogP) is 2.76. The highest BCUT2D eigenvalue weighted by atomic mass is 35.5. The molecule has 112 valence electrons. The van der Waals surface area contributed by atoms with E-state index in [1.165, 1.54) is 5.56 Å². The van der Waals surface area contributed by atoms with Crippen molar-refractivity contribution in [2.75, 3.05) is 33.7 Å². The molecule has 0 radical (unpaired) electrons. The topological polar surface area (TPSA) is 32.5 Å². The highest BCUT2D eigenvalue weighted by molar-refractivity contribution is 6.31. The normalized spacial score (nSPS) is 21.1. The fraction of sp³-hybridized carbons (Fsp3) is 0.625. The number of halogens is 1. The first-order valence-electron chi connectivity index (χ1n) is 7.36. The molecule has 20 heavy (non-hydrogen) atoms. The molecular weight excluding hydrogens is 270 g/mol. The minimum atomic E-state index is 0.0884. The Morgan fingerprint density at radius 2 is 1.95 bits per heavy atom. The largest absolute Gasteiger partial charge is 0.329 e. The van der Waals surface area contributed by atoms with Crippen molar-refractivity contribution in [1.82, 2.24) is 9.80 Å². The summed E-state index contributed by atoms with van der Waals surface area (Å²) in [6.45, 7) is 5.14. The van der Waals surface area contributed by atoms with Gasteiger partial charge < -0.3 is 10.6 Å². The second kappa shape index (κ2) is 6.44. The summed E-state index contributed by atoms with van der Waals surface area (Å²) >= 11 is 6.35. The number of piperidine rings is 1. The van der Waals surface area contributed by atoms with Crippen LogP contribution in [0, 0.1) is 0 Å². The van der Waals surface area contributed by atoms with Crippen LogP contribution in [0.1, 0.15) is 31.4 Å². The zero-order valence-corrected chi connectivity index (χ0v) is 13.5. The summed E-state index contributed by atoms with van der Waals surface area (Å²) in [5.41, 5.74) is 7.42. The van der Waals surface area contributed by atoms with Crippen LogP contribution < -0.4 is 5.73 Å². The van der Waals surface area contributed by atoms with Gasteiger partial charge in [0.1, 0.15) is 0 Å². The van der Waals surface area contributed by atoms with Crippen LogP contribution in [-0.4, -0.2) is 49.1 Å². The molecule has 2 N–H and O–H groups in total. The molecule has 1 fully saturated rings. The number of hydrogen-bond donors (Lipinski definition) is 1. The summed E-state index contributed by atoms with van der Waals surface area (Å²) in [5, 5.41) is 0.840. The minimum Gasteiger partial charge on any atom is -0.329 e. The van der Waals surface area contributed by atoms with Gasteiger partial charge in [-0.2, -0.15) is 0 Å². The highest BCUT2D eigenvalue weighted by Gasteiger charge is 2.38. The van der Waals surface area contributed by atoms with Gasteiger partial charge in [0.05, 0.1) is 0 Å². The van der Waals surface area contributed by atoms with Crippen molar-refractivity contribution in [3.05, 3.63) is 34.9 Å². The van der Waals surface area contributed by atoms with E-state index in [0.717, 1.165) is 31.0 Å². The van der Waals surface area contributed by atoms with Crippen LogP contribution in [0.15, 0.2) is 24.3 Å². The van der Waals surface area contributed by atoms with Gasteiger partial charge in [0.25, 0.3) is 0 Å². The van der Waals surface area contributed by atoms with Crippen molar-refractivity contribution < 1.29 is 0 Å². The lowest BCUT2D eigenvalue weighted by Gasteiger charge is -2.48. The maximum atomic E-state index is 6.35. The van der Waals surface area contributed by atoms with Crippen LogP contribution in [0.5, 0.6) is 0 Å². The van der Waals surface area contributed by atoms with E-state index in [4.69, 9.17) is 17.3 Å². The Balaban J connectivity index is 2.20. The fourth-order valence-electron chi connectivity index (χ4n) is 3.17. The molecule has 4 heteroatoms. The van der Waals surface area contributed by atoms with Crippen molar-refractivity contribution in [1.29, 1.82) is 0 Å². The maximum absolute atomic E-state index is 6.35. The average Bonchev–Trinajstić information content (AvgIpc) is 2.47. The second-order valence-corrected chi connectivity index (χ2v) is 6.45. The van der Waals surface area contributed by atoms with Crippen LogP contribution >= 0.6 is 11.6 Å². The monoisotopic (exact) mass is 295 g/mol. The van der Waals surface area contributed by atoms with Gasteiger partial charge in [0, 0.05) is 23.1 Å². The molecule has 0 aromatic heterocycles. The van der Waals surface area contributed by atoms with Gasteiger partial charge in [0.15, 0.2) is 0 Å². The van der Waals surface area contributed by atoms with Gasteiger partial charge in [-0.15, -0.1) is 0 Å². The quantitative estimate of drug-likeness (QED) is 0.927. The van der Waals surface area contributed by atoms with Gasteiger partial charge in [0.2, 0.25) is 0 Å². The molecule has 3 nitrogen and oxygen atoms in total. The standard InChI is InChI=1S/C16H26ClN3/c1-13(14-6-4-5-7-15(14)17)20(3)16(12-18)8-10-19(2)11-9-16/h4-7,13H,8-12,18H2,1-3H3. The van der Waals surface area contributed by atoms with Gasteiger partial charge >= 0.3 is 0 Å². The Bertz CT molecular complexity index is 441. The number of nitrogens with zero attached hydrogens (tertiary/aromatic N) is 2. The molecular formula is C16H26ClN3. The van der Waals surface area contributed by atoms with E-state index >= 15 is 0 Å². The Kier molecular flexibility index (Phi) is 5.08. The number of hydrogen-bond acceptors (Lipinski definition) is 3. The lowest BCUT2D eigenvalue weighted by molar-refractivity contribution is 0.0272. The Morgan fingerprint density at radius 1 is 1.35 bits per heavy atom. The number of likely N-dealkylation sites (N-methyl/N-ethyl adjacent to an activating group) is 1. The molecule has 1 atom stereocenters. The average molecular weight is 296 g/mol. The van der Waals surface area contributed by atoms with Crippen LogP contribution in [0.3, 0.4) is 0 Å². The third-order valence-electron chi connectivity index (χ3n) is 4.98. The zero-order valence-electron chi connectivity index (χ0n) is 12.8. The van der Waals surface area contributed by atoms with Crippen molar-refractivity contribution in [2.45, 2.75) is 31.3 Å². The van der Waals surface area contributed by atoms with Gasteiger partial charge in [-0.05, 0) is 58.6 Å². The molecule has 2 rings (SSSR count). The highest BCUT2D eigenvalue weighted by Crippen LogP contribution is 2.35. The Morgan fingerprint density at radius 3 is 2.50 bits per heavy atom. The number of likely N-dealkylation sites (tertiary alicyclic amines) is 1. The number of rotatable bonds is 4. The second-order valence-electron chi connectivity index (χ2n) is 6.04. The van der Waals surface area contributed by atoms with E-state index in [2.05, 4.69) is 43.0 Å². The van der Waals surface area contributed by atoms with Crippen LogP contribution in [0.2, 0.25) is 5.02 Å². The fourth-order valence-corrected chi connectivity index (χ4v) is 3.46. The molecule has 1 aromatic carbocycles. The summed E-state index contributed by atoms with van der Waals surface area (Å²) in [6, 6.07) is 8.38. The molecule has 0 saturated carbocycles. The smallest absolute Gasteiger partial charge is 0.0453 e. The van der Waals surface area contributed by atoms with Crippen LogP contribution in [0.4, 0.5) is 0 Å². The van der Waals surface area contributed by atoms with E-state index in [0.29, 0.717) is 6.54 Å². The lowest BCUT2D eigenvalue weighted by atomic mass is 9.84. The van der Waals surface area contributed by atoms with Crippen LogP contribution in [-0.2, 0) is 0 Å². The SMILES string of the molecule is CC(c1ccccc1Cl)N(C)C1(CN)CCN(C)CC1. The molecule has 1 aliphatic rings. The van der Waals surface area contributed by atoms with Gasteiger partial charge in [-0.25, -0.2) is 0 Å². The molecule has 0 amide bonds. The molecule has 1 saturated heterocycles. The zero-order chi connectivity index (χ0) is 14.8. The first kappa shape index (κ1) is 15.8. The lowest BCUT2D eigenvalue weighted by Crippen LogP contribution is -2.58. The van der Waals surface area contributed by atoms with Crippen molar-refractivity contribution in [3.63, 3.8) is 0 Å². The molecule has 0 aliphatic carbocycles. The van der Waals surface area contributed by atoms with E-state index in [9.17, 15) is 0 Å². The summed E-state index contributed by atoms with van der Waals surface area (Å²) in [4.78, 5) is 4.81.